The van der Waals surface area contributed by atoms with E-state index in [-0.39, 0.29) is 18.4 Å². The van der Waals surface area contributed by atoms with Crippen molar-refractivity contribution in [2.45, 2.75) is 26.8 Å². The third-order valence-corrected chi connectivity index (χ3v) is 3.12. The molecule has 5 nitrogen and oxygen atoms in total. The molecule has 0 aromatic heterocycles. The zero-order valence-electron chi connectivity index (χ0n) is 12.6. The lowest BCUT2D eigenvalue weighted by Crippen LogP contribution is -2.45. The monoisotopic (exact) mass is 311 g/mol. The molecule has 116 valence electrons. The molecule has 0 heterocycles. The van der Waals surface area contributed by atoms with Gasteiger partial charge in [-0.1, -0.05) is 37.6 Å². The van der Waals surface area contributed by atoms with Gasteiger partial charge in [0, 0.05) is 6.54 Å². The zero-order chi connectivity index (χ0) is 15.8. The number of halogens is 1. The van der Waals surface area contributed by atoms with Gasteiger partial charge in [-0.15, -0.1) is 0 Å². The third-order valence-electron chi connectivity index (χ3n) is 2.79. The van der Waals surface area contributed by atoms with Crippen LogP contribution >= 0.6 is 11.6 Å². The van der Waals surface area contributed by atoms with Crippen LogP contribution in [0.1, 0.15) is 20.8 Å². The van der Waals surface area contributed by atoms with Crippen LogP contribution in [0.3, 0.4) is 0 Å². The van der Waals surface area contributed by atoms with Crippen LogP contribution in [0.25, 0.3) is 0 Å². The van der Waals surface area contributed by atoms with Gasteiger partial charge >= 0.3 is 0 Å². The molecular formula is C15H22ClN3O2. The Labute approximate surface area is 130 Å². The molecule has 0 radical (unpaired) electrons. The Morgan fingerprint density at radius 1 is 1.19 bits per heavy atom. The van der Waals surface area contributed by atoms with Gasteiger partial charge < -0.3 is 10.6 Å². The fourth-order valence-corrected chi connectivity index (χ4v) is 1.74. The molecule has 3 N–H and O–H groups in total. The first-order chi connectivity index (χ1) is 9.90. The largest absolute Gasteiger partial charge is 0.354 e. The first-order valence-corrected chi connectivity index (χ1v) is 7.33. The Morgan fingerprint density at radius 2 is 1.86 bits per heavy atom. The van der Waals surface area contributed by atoms with Crippen molar-refractivity contribution in [1.82, 2.24) is 10.6 Å². The van der Waals surface area contributed by atoms with Gasteiger partial charge in [-0.3, -0.25) is 14.9 Å². The standard InChI is InChI=1S/C15H22ClN3O2/c1-10(2)8-18-15(21)11(3)17-9-14(20)19-13-7-5-4-6-12(13)16/h4-7,10-11,17H,8-9H2,1-3H3,(H,18,21)(H,19,20). The van der Waals surface area contributed by atoms with E-state index >= 15 is 0 Å². The van der Waals surface area contributed by atoms with Crippen LogP contribution in [-0.4, -0.2) is 30.9 Å². The van der Waals surface area contributed by atoms with E-state index in [9.17, 15) is 9.59 Å². The van der Waals surface area contributed by atoms with E-state index in [2.05, 4.69) is 16.0 Å². The summed E-state index contributed by atoms with van der Waals surface area (Å²) in [6.45, 7) is 6.43. The number of hydrogen-bond acceptors (Lipinski definition) is 3. The molecular weight excluding hydrogens is 290 g/mol. The number of rotatable bonds is 7. The number of hydrogen-bond donors (Lipinski definition) is 3. The van der Waals surface area contributed by atoms with Gasteiger partial charge in [0.1, 0.15) is 0 Å². The number of nitrogens with one attached hydrogen (secondary N) is 3. The maximum atomic E-state index is 11.8. The minimum atomic E-state index is -0.430. The van der Waals surface area contributed by atoms with E-state index in [1.807, 2.05) is 13.8 Å². The highest BCUT2D eigenvalue weighted by Crippen LogP contribution is 2.19. The predicted octanol–water partition coefficient (Wildman–Crippen LogP) is 2.03. The molecule has 2 amide bonds. The molecule has 0 spiro atoms. The van der Waals surface area contributed by atoms with E-state index in [4.69, 9.17) is 11.6 Å². The van der Waals surface area contributed by atoms with Gasteiger partial charge in [-0.05, 0) is 25.0 Å². The number of anilines is 1. The van der Waals surface area contributed by atoms with Gasteiger partial charge in [0.25, 0.3) is 0 Å². The second-order valence-corrected chi connectivity index (χ2v) is 5.68. The van der Waals surface area contributed by atoms with Crippen molar-refractivity contribution in [3.05, 3.63) is 29.3 Å². The highest BCUT2D eigenvalue weighted by molar-refractivity contribution is 6.33. The van der Waals surface area contributed by atoms with Crippen LogP contribution in [0, 0.1) is 5.92 Å². The van der Waals surface area contributed by atoms with E-state index < -0.39 is 6.04 Å². The maximum Gasteiger partial charge on any atom is 0.238 e. The Hall–Kier alpha value is -1.59. The van der Waals surface area contributed by atoms with Crippen LogP contribution in [0.2, 0.25) is 5.02 Å². The highest BCUT2D eigenvalue weighted by Gasteiger charge is 2.14. The van der Waals surface area contributed by atoms with Gasteiger partial charge in [0.05, 0.1) is 23.3 Å². The summed E-state index contributed by atoms with van der Waals surface area (Å²) in [4.78, 5) is 23.5. The summed E-state index contributed by atoms with van der Waals surface area (Å²) in [5.41, 5.74) is 0.558. The Bertz CT molecular complexity index is 492. The van der Waals surface area contributed by atoms with Crippen molar-refractivity contribution in [1.29, 1.82) is 0 Å². The number of benzene rings is 1. The summed E-state index contributed by atoms with van der Waals surface area (Å²) in [5, 5.41) is 8.86. The Morgan fingerprint density at radius 3 is 2.48 bits per heavy atom. The first-order valence-electron chi connectivity index (χ1n) is 6.95. The molecule has 0 saturated heterocycles. The number of carbonyl (C=O) groups is 2. The molecule has 1 rings (SSSR count). The van der Waals surface area contributed by atoms with E-state index in [0.29, 0.717) is 23.2 Å². The van der Waals surface area contributed by atoms with Crippen molar-refractivity contribution in [3.63, 3.8) is 0 Å². The molecule has 21 heavy (non-hydrogen) atoms. The van der Waals surface area contributed by atoms with E-state index in [1.165, 1.54) is 0 Å². The summed E-state index contributed by atoms with van der Waals surface area (Å²) in [5.74, 6) is 0.0329. The van der Waals surface area contributed by atoms with Crippen LogP contribution in [-0.2, 0) is 9.59 Å². The number of amides is 2. The quantitative estimate of drug-likeness (QED) is 0.721. The maximum absolute atomic E-state index is 11.8. The minimum Gasteiger partial charge on any atom is -0.354 e. The van der Waals surface area contributed by atoms with Crippen LogP contribution in [0.4, 0.5) is 5.69 Å². The van der Waals surface area contributed by atoms with Crippen molar-refractivity contribution >= 4 is 29.1 Å². The Balaban J connectivity index is 2.36. The van der Waals surface area contributed by atoms with Crippen LogP contribution in [0.15, 0.2) is 24.3 Å². The summed E-state index contributed by atoms with van der Waals surface area (Å²) in [7, 11) is 0. The normalized spacial score (nSPS) is 12.0. The lowest BCUT2D eigenvalue weighted by molar-refractivity contribution is -0.123. The fraction of sp³-hybridized carbons (Fsp3) is 0.467. The molecule has 0 saturated carbocycles. The second kappa shape index (κ2) is 8.64. The molecule has 0 aliphatic carbocycles. The average molecular weight is 312 g/mol. The molecule has 0 aliphatic heterocycles. The van der Waals surface area contributed by atoms with E-state index in [1.54, 1.807) is 31.2 Å². The topological polar surface area (TPSA) is 70.2 Å². The molecule has 1 atom stereocenters. The molecule has 1 aromatic rings. The van der Waals surface area contributed by atoms with Crippen molar-refractivity contribution < 1.29 is 9.59 Å². The summed E-state index contributed by atoms with van der Waals surface area (Å²) in [6, 6.07) is 6.57. The summed E-state index contributed by atoms with van der Waals surface area (Å²) in [6.07, 6.45) is 0. The SMILES string of the molecule is CC(C)CNC(=O)C(C)NCC(=O)Nc1ccccc1Cl. The van der Waals surface area contributed by atoms with Crippen molar-refractivity contribution in [3.8, 4) is 0 Å². The van der Waals surface area contributed by atoms with Gasteiger partial charge in [0.2, 0.25) is 11.8 Å². The second-order valence-electron chi connectivity index (χ2n) is 5.27. The Kier molecular flexibility index (Phi) is 7.19. The molecule has 0 bridgehead atoms. The fourth-order valence-electron chi connectivity index (χ4n) is 1.55. The average Bonchev–Trinajstić information content (AvgIpc) is 2.44. The van der Waals surface area contributed by atoms with Crippen molar-refractivity contribution in [2.75, 3.05) is 18.4 Å². The van der Waals surface area contributed by atoms with Crippen LogP contribution in [0.5, 0.6) is 0 Å². The van der Waals surface area contributed by atoms with Crippen molar-refractivity contribution in [2.24, 2.45) is 5.92 Å². The number of para-hydroxylation sites is 1. The molecule has 1 aromatic carbocycles. The summed E-state index contributed by atoms with van der Waals surface area (Å²) >= 11 is 5.95. The van der Waals surface area contributed by atoms with Crippen LogP contribution < -0.4 is 16.0 Å². The smallest absolute Gasteiger partial charge is 0.238 e. The van der Waals surface area contributed by atoms with E-state index in [0.717, 1.165) is 0 Å². The predicted molar refractivity (Wildman–Crippen MR) is 85.4 cm³/mol. The molecule has 0 fully saturated rings. The van der Waals surface area contributed by atoms with Gasteiger partial charge in [0.15, 0.2) is 0 Å². The lowest BCUT2D eigenvalue weighted by Gasteiger charge is -2.15. The van der Waals surface area contributed by atoms with Gasteiger partial charge in [-0.25, -0.2) is 0 Å². The summed E-state index contributed by atoms with van der Waals surface area (Å²) < 4.78 is 0. The zero-order valence-corrected chi connectivity index (χ0v) is 13.3. The highest BCUT2D eigenvalue weighted by atomic mass is 35.5. The molecule has 0 aliphatic rings. The molecule has 1 unspecified atom stereocenters. The molecule has 6 heteroatoms. The minimum absolute atomic E-state index is 0.0431. The lowest BCUT2D eigenvalue weighted by atomic mass is 10.2. The number of carbonyl (C=O) groups excluding carboxylic acids is 2. The van der Waals surface area contributed by atoms with Gasteiger partial charge in [-0.2, -0.15) is 0 Å². The first kappa shape index (κ1) is 17.5. The third kappa shape index (κ3) is 6.60.